The molecule has 0 unspecified atom stereocenters. The van der Waals surface area contributed by atoms with Crippen LogP contribution in [0.4, 0.5) is 8.78 Å². The molecule has 2 aromatic rings. The molecule has 0 saturated heterocycles. The van der Waals surface area contributed by atoms with Crippen LogP contribution in [-0.4, -0.2) is 11.1 Å². The molecule has 0 spiro atoms. The molecule has 21 heavy (non-hydrogen) atoms. The zero-order valence-electron chi connectivity index (χ0n) is 10.9. The van der Waals surface area contributed by atoms with Crippen molar-refractivity contribution in [3.8, 4) is 5.75 Å². The van der Waals surface area contributed by atoms with Gasteiger partial charge in [-0.05, 0) is 30.3 Å². The highest BCUT2D eigenvalue weighted by atomic mass is 19.1. The van der Waals surface area contributed by atoms with E-state index in [2.05, 4.69) is 0 Å². The second kappa shape index (κ2) is 6.65. The van der Waals surface area contributed by atoms with Crippen LogP contribution in [0.25, 0.3) is 6.08 Å². The van der Waals surface area contributed by atoms with E-state index in [4.69, 9.17) is 9.84 Å². The monoisotopic (exact) mass is 290 g/mol. The lowest BCUT2D eigenvalue weighted by molar-refractivity contribution is -0.131. The first-order valence-electron chi connectivity index (χ1n) is 6.13. The maximum absolute atomic E-state index is 13.5. The molecule has 0 atom stereocenters. The molecule has 108 valence electrons. The van der Waals surface area contributed by atoms with Gasteiger partial charge in [0.25, 0.3) is 0 Å². The fraction of sp³-hybridized carbons (Fsp3) is 0.0625. The molecule has 0 saturated carbocycles. The molecule has 0 fully saturated rings. The van der Waals surface area contributed by atoms with Gasteiger partial charge >= 0.3 is 5.97 Å². The van der Waals surface area contributed by atoms with Crippen molar-refractivity contribution < 1.29 is 23.4 Å². The summed E-state index contributed by atoms with van der Waals surface area (Å²) in [5.74, 6) is -1.79. The lowest BCUT2D eigenvalue weighted by atomic mass is 10.1. The van der Waals surface area contributed by atoms with Gasteiger partial charge in [0.05, 0.1) is 0 Å². The van der Waals surface area contributed by atoms with Gasteiger partial charge in [0.1, 0.15) is 24.0 Å². The van der Waals surface area contributed by atoms with E-state index >= 15 is 0 Å². The first-order valence-corrected chi connectivity index (χ1v) is 6.13. The first kappa shape index (κ1) is 14.7. The Hall–Kier alpha value is -2.69. The van der Waals surface area contributed by atoms with Crippen LogP contribution >= 0.6 is 0 Å². The zero-order valence-corrected chi connectivity index (χ0v) is 10.9. The number of carboxylic acids is 1. The second-order valence-corrected chi connectivity index (χ2v) is 4.23. The predicted octanol–water partition coefficient (Wildman–Crippen LogP) is 3.64. The summed E-state index contributed by atoms with van der Waals surface area (Å²) in [4.78, 5) is 10.5. The molecule has 3 nitrogen and oxygen atoms in total. The number of halogens is 2. The smallest absolute Gasteiger partial charge is 0.328 e. The Morgan fingerprint density at radius 3 is 2.67 bits per heavy atom. The highest BCUT2D eigenvalue weighted by Crippen LogP contribution is 2.23. The Kier molecular flexibility index (Phi) is 4.66. The van der Waals surface area contributed by atoms with Crippen molar-refractivity contribution in [2.75, 3.05) is 0 Å². The van der Waals surface area contributed by atoms with Crippen LogP contribution in [0.5, 0.6) is 5.75 Å². The van der Waals surface area contributed by atoms with Crippen LogP contribution in [0.2, 0.25) is 0 Å². The summed E-state index contributed by atoms with van der Waals surface area (Å²) < 4.78 is 32.1. The number of rotatable bonds is 5. The van der Waals surface area contributed by atoms with E-state index in [0.717, 1.165) is 12.1 Å². The number of hydrogen-bond donors (Lipinski definition) is 1. The topological polar surface area (TPSA) is 46.5 Å². The molecule has 5 heteroatoms. The second-order valence-electron chi connectivity index (χ2n) is 4.23. The minimum atomic E-state index is -1.15. The van der Waals surface area contributed by atoms with Gasteiger partial charge in [0.2, 0.25) is 0 Å². The van der Waals surface area contributed by atoms with Crippen molar-refractivity contribution in [2.24, 2.45) is 0 Å². The highest BCUT2D eigenvalue weighted by molar-refractivity contribution is 5.85. The Morgan fingerprint density at radius 1 is 1.19 bits per heavy atom. The maximum Gasteiger partial charge on any atom is 0.328 e. The van der Waals surface area contributed by atoms with Crippen molar-refractivity contribution >= 4 is 12.0 Å². The van der Waals surface area contributed by atoms with E-state index in [1.54, 1.807) is 18.2 Å². The van der Waals surface area contributed by atoms with Crippen molar-refractivity contribution in [3.05, 3.63) is 71.3 Å². The molecule has 0 aromatic heterocycles. The first-order chi connectivity index (χ1) is 10.1. The van der Waals surface area contributed by atoms with Gasteiger partial charge in [0.15, 0.2) is 0 Å². The fourth-order valence-corrected chi connectivity index (χ4v) is 1.71. The van der Waals surface area contributed by atoms with Gasteiger partial charge in [-0.15, -0.1) is 0 Å². The average Bonchev–Trinajstić information content (AvgIpc) is 2.45. The van der Waals surface area contributed by atoms with E-state index in [0.29, 0.717) is 5.56 Å². The molecule has 0 bridgehead atoms. The van der Waals surface area contributed by atoms with Gasteiger partial charge in [-0.3, -0.25) is 0 Å². The molecule has 0 radical (unpaired) electrons. The number of benzene rings is 2. The molecule has 2 aromatic carbocycles. The summed E-state index contributed by atoms with van der Waals surface area (Å²) in [6, 6.07) is 9.85. The number of carbonyl (C=O) groups is 1. The lowest BCUT2D eigenvalue weighted by Crippen LogP contribution is -2.00. The summed E-state index contributed by atoms with van der Waals surface area (Å²) in [5, 5.41) is 8.61. The minimum absolute atomic E-state index is 0.0355. The molecule has 0 aliphatic heterocycles. The van der Waals surface area contributed by atoms with E-state index < -0.39 is 17.6 Å². The van der Waals surface area contributed by atoms with Crippen LogP contribution in [0.15, 0.2) is 48.5 Å². The summed E-state index contributed by atoms with van der Waals surface area (Å²) in [6.07, 6.45) is 2.10. The van der Waals surface area contributed by atoms with Gasteiger partial charge < -0.3 is 9.84 Å². The van der Waals surface area contributed by atoms with Crippen LogP contribution in [0.3, 0.4) is 0 Å². The van der Waals surface area contributed by atoms with Gasteiger partial charge in [-0.2, -0.15) is 0 Å². The zero-order chi connectivity index (χ0) is 15.2. The van der Waals surface area contributed by atoms with Crippen LogP contribution in [0.1, 0.15) is 11.1 Å². The lowest BCUT2D eigenvalue weighted by Gasteiger charge is -2.10. The Bertz CT molecular complexity index is 681. The molecule has 0 heterocycles. The van der Waals surface area contributed by atoms with E-state index in [1.807, 2.05) is 0 Å². The molecule has 2 rings (SSSR count). The van der Waals surface area contributed by atoms with Crippen LogP contribution in [-0.2, 0) is 11.4 Å². The molecule has 1 N–H and O–H groups in total. The standard InChI is InChI=1S/C16H12F2O3/c17-13-6-7-15(11(9-13)5-8-16(19)20)21-10-12-3-1-2-4-14(12)18/h1-9H,10H2,(H,19,20)/b8-5+. The van der Waals surface area contributed by atoms with Crippen molar-refractivity contribution in [1.82, 2.24) is 0 Å². The van der Waals surface area contributed by atoms with Crippen LogP contribution in [0, 0.1) is 11.6 Å². The third kappa shape index (κ3) is 4.14. The normalized spacial score (nSPS) is 10.8. The third-order valence-electron chi connectivity index (χ3n) is 2.72. The van der Waals surface area contributed by atoms with Gasteiger partial charge in [-0.25, -0.2) is 13.6 Å². The largest absolute Gasteiger partial charge is 0.488 e. The quantitative estimate of drug-likeness (QED) is 0.855. The number of hydrogen-bond acceptors (Lipinski definition) is 2. The molecule has 0 amide bonds. The van der Waals surface area contributed by atoms with E-state index in [-0.39, 0.29) is 17.9 Å². The summed E-state index contributed by atoms with van der Waals surface area (Å²) in [6.45, 7) is -0.0355. The van der Waals surface area contributed by atoms with Crippen molar-refractivity contribution in [3.63, 3.8) is 0 Å². The molecular weight excluding hydrogens is 278 g/mol. The van der Waals surface area contributed by atoms with E-state index in [9.17, 15) is 13.6 Å². The fourth-order valence-electron chi connectivity index (χ4n) is 1.71. The summed E-state index contributed by atoms with van der Waals surface area (Å²) >= 11 is 0. The molecular formula is C16H12F2O3. The number of carboxylic acid groups (broad SMARTS) is 1. The SMILES string of the molecule is O=C(O)/C=C/c1cc(F)ccc1OCc1ccccc1F. The Morgan fingerprint density at radius 2 is 1.95 bits per heavy atom. The van der Waals surface area contributed by atoms with Crippen LogP contribution < -0.4 is 4.74 Å². The number of ether oxygens (including phenoxy) is 1. The van der Waals surface area contributed by atoms with Gasteiger partial charge in [-0.1, -0.05) is 18.2 Å². The third-order valence-corrected chi connectivity index (χ3v) is 2.72. The average molecular weight is 290 g/mol. The summed E-state index contributed by atoms with van der Waals surface area (Å²) in [5.41, 5.74) is 0.628. The molecule has 0 aliphatic carbocycles. The van der Waals surface area contributed by atoms with Crippen molar-refractivity contribution in [1.29, 1.82) is 0 Å². The Balaban J connectivity index is 2.20. The summed E-state index contributed by atoms with van der Waals surface area (Å²) in [7, 11) is 0. The Labute approximate surface area is 120 Å². The maximum atomic E-state index is 13.5. The number of aliphatic carboxylic acids is 1. The predicted molar refractivity (Wildman–Crippen MR) is 73.8 cm³/mol. The van der Waals surface area contributed by atoms with Crippen molar-refractivity contribution in [2.45, 2.75) is 6.61 Å². The highest BCUT2D eigenvalue weighted by Gasteiger charge is 2.06. The van der Waals surface area contributed by atoms with E-state index in [1.165, 1.54) is 24.3 Å². The molecule has 0 aliphatic rings. The minimum Gasteiger partial charge on any atom is -0.488 e. The van der Waals surface area contributed by atoms with Gasteiger partial charge in [0, 0.05) is 17.2 Å².